The molecule has 1 fully saturated rings. The van der Waals surface area contributed by atoms with E-state index in [-0.39, 0.29) is 41.9 Å². The fraction of sp³-hybridized carbons (Fsp3) is 0.500. The SMILES string of the molecule is CN(C)c1cc(-c2ccc(CN3CCN(CCO)CC3)o2)c(O)c2c1C[C@H]1C[C@H]3C(N(C)C)C(O)=C(C(N)=O)C(=O)[C@@]3(O)C(O)=C1C2=O. The van der Waals surface area contributed by atoms with Gasteiger partial charge in [0.2, 0.25) is 5.78 Å². The number of piperazine rings is 1. The molecule has 3 aliphatic carbocycles. The maximum Gasteiger partial charge on any atom is 0.255 e. The van der Waals surface area contributed by atoms with Gasteiger partial charge in [-0.05, 0) is 56.6 Å². The van der Waals surface area contributed by atoms with E-state index in [4.69, 9.17) is 10.2 Å². The third-order valence-electron chi connectivity index (χ3n) is 10.4. The number of phenolic OH excluding ortho intramolecular Hbond substituents is 1. The Labute approximate surface area is 277 Å². The number of fused-ring (bicyclic) bond motifs is 3. The number of aliphatic hydroxyl groups excluding tert-OH is 3. The number of β-amino-alcohol motifs (C(OH)–C–C–N with tert-alkyl or cyclic N) is 1. The number of hydrogen-bond donors (Lipinski definition) is 6. The highest BCUT2D eigenvalue weighted by atomic mass is 16.4. The zero-order valence-electron chi connectivity index (χ0n) is 27.6. The molecule has 258 valence electrons. The molecule has 1 aromatic heterocycles. The molecule has 48 heavy (non-hydrogen) atoms. The number of furan rings is 1. The summed E-state index contributed by atoms with van der Waals surface area (Å²) in [6, 6.07) is 4.25. The van der Waals surface area contributed by atoms with E-state index in [1.807, 2.05) is 25.1 Å². The number of ketones is 2. The Balaban J connectivity index is 1.40. The number of allylic oxidation sites excluding steroid dienone is 1. The van der Waals surface area contributed by atoms with E-state index in [1.165, 1.54) is 4.90 Å². The van der Waals surface area contributed by atoms with Gasteiger partial charge in [0.05, 0.1) is 30.3 Å². The van der Waals surface area contributed by atoms with E-state index in [0.717, 1.165) is 26.2 Å². The number of anilines is 1. The maximum absolute atomic E-state index is 14.4. The second-order valence-electron chi connectivity index (χ2n) is 13.6. The standard InChI is InChI=1S/C34H43N5O9/c1-36(2)22-15-20(23-6-5-18(48-23)16-39-9-7-38(8-10-39)11-12-40)28(41)25-19(22)13-17-14-21-27(37(3)4)30(43)26(33(35)46)32(45)34(21,47)31(44)24(17)29(25)42/h5-6,15,17,21,27,40-41,43-44,47H,7-14,16H2,1-4H3,(H2,35,46)/t17-,21-,27?,34-/m0/s1. The first-order valence-corrected chi connectivity index (χ1v) is 16.1. The van der Waals surface area contributed by atoms with Gasteiger partial charge in [-0.25, -0.2) is 0 Å². The van der Waals surface area contributed by atoms with Crippen molar-refractivity contribution >= 4 is 23.2 Å². The van der Waals surface area contributed by atoms with Crippen molar-refractivity contribution in [2.45, 2.75) is 31.0 Å². The summed E-state index contributed by atoms with van der Waals surface area (Å²) in [5.74, 6) is -5.93. The normalized spacial score (nSPS) is 26.5. The number of Topliss-reactive ketones (excluding diaryl/α,β-unsaturated/α-hetero) is 2. The molecule has 0 spiro atoms. The summed E-state index contributed by atoms with van der Waals surface area (Å²) in [6.45, 7) is 4.57. The van der Waals surface area contributed by atoms with E-state index in [2.05, 4.69) is 9.80 Å². The molecule has 1 aromatic carbocycles. The quantitative estimate of drug-likeness (QED) is 0.214. The highest BCUT2D eigenvalue weighted by Crippen LogP contribution is 2.54. The molecule has 0 saturated carbocycles. The van der Waals surface area contributed by atoms with E-state index >= 15 is 0 Å². The van der Waals surface area contributed by atoms with Gasteiger partial charge in [-0.2, -0.15) is 0 Å². The number of aliphatic hydroxyl groups is 4. The number of nitrogens with zero attached hydrogens (tertiary/aromatic N) is 4. The van der Waals surface area contributed by atoms with Crippen molar-refractivity contribution in [2.75, 3.05) is 72.4 Å². The fourth-order valence-corrected chi connectivity index (χ4v) is 8.03. The van der Waals surface area contributed by atoms with Gasteiger partial charge in [0.1, 0.15) is 34.4 Å². The van der Waals surface area contributed by atoms with Crippen molar-refractivity contribution in [3.8, 4) is 17.1 Å². The fourth-order valence-electron chi connectivity index (χ4n) is 8.03. The minimum Gasteiger partial charge on any atom is -0.510 e. The molecule has 1 amide bonds. The molecule has 6 rings (SSSR count). The number of nitrogens with two attached hydrogens (primary N) is 1. The van der Waals surface area contributed by atoms with Crippen LogP contribution in [0.4, 0.5) is 5.69 Å². The van der Waals surface area contributed by atoms with E-state index in [1.54, 1.807) is 26.2 Å². The lowest BCUT2D eigenvalue weighted by Crippen LogP contribution is -2.63. The van der Waals surface area contributed by atoms with Crippen LogP contribution < -0.4 is 10.6 Å². The summed E-state index contributed by atoms with van der Waals surface area (Å²) in [7, 11) is 6.81. The van der Waals surface area contributed by atoms with Crippen molar-refractivity contribution in [3.63, 3.8) is 0 Å². The lowest BCUT2D eigenvalue weighted by Gasteiger charge is -2.50. The molecular weight excluding hydrogens is 622 g/mol. The molecule has 1 unspecified atom stereocenters. The minimum atomic E-state index is -2.71. The van der Waals surface area contributed by atoms with Gasteiger partial charge in [0, 0.05) is 64.0 Å². The molecule has 4 aliphatic rings. The summed E-state index contributed by atoms with van der Waals surface area (Å²) in [4.78, 5) is 48.0. The van der Waals surface area contributed by atoms with Crippen LogP contribution >= 0.6 is 0 Å². The summed E-state index contributed by atoms with van der Waals surface area (Å²) in [5.41, 5.74) is 3.04. The molecule has 0 bridgehead atoms. The summed E-state index contributed by atoms with van der Waals surface area (Å²) < 4.78 is 6.19. The van der Waals surface area contributed by atoms with Crippen LogP contribution in [0.1, 0.15) is 28.1 Å². The smallest absolute Gasteiger partial charge is 0.255 e. The average Bonchev–Trinajstić information content (AvgIpc) is 3.47. The highest BCUT2D eigenvalue weighted by molar-refractivity contribution is 6.25. The van der Waals surface area contributed by atoms with Crippen LogP contribution in [0.2, 0.25) is 0 Å². The lowest BCUT2D eigenvalue weighted by molar-refractivity contribution is -0.148. The molecule has 1 aliphatic heterocycles. The number of likely N-dealkylation sites (N-methyl/N-ethyl adjacent to an activating group) is 1. The Morgan fingerprint density at radius 3 is 2.33 bits per heavy atom. The van der Waals surface area contributed by atoms with Gasteiger partial charge < -0.3 is 40.6 Å². The number of hydrogen-bond acceptors (Lipinski definition) is 13. The first-order valence-electron chi connectivity index (χ1n) is 16.1. The number of benzene rings is 1. The molecule has 2 aromatic rings. The van der Waals surface area contributed by atoms with Crippen molar-refractivity contribution in [2.24, 2.45) is 17.6 Å². The van der Waals surface area contributed by atoms with Gasteiger partial charge in [-0.3, -0.25) is 29.1 Å². The highest BCUT2D eigenvalue weighted by Gasteiger charge is 2.63. The maximum atomic E-state index is 14.4. The van der Waals surface area contributed by atoms with Crippen LogP contribution in [0.15, 0.2) is 45.3 Å². The summed E-state index contributed by atoms with van der Waals surface area (Å²) >= 11 is 0. The zero-order chi connectivity index (χ0) is 34.8. The molecule has 7 N–H and O–H groups in total. The number of aromatic hydroxyl groups is 1. The molecule has 2 heterocycles. The van der Waals surface area contributed by atoms with Gasteiger partial charge in [-0.1, -0.05) is 0 Å². The zero-order valence-corrected chi connectivity index (χ0v) is 27.6. The predicted molar refractivity (Wildman–Crippen MR) is 175 cm³/mol. The van der Waals surface area contributed by atoms with Crippen LogP contribution in [-0.4, -0.2) is 137 Å². The number of primary amides is 1. The second-order valence-corrected chi connectivity index (χ2v) is 13.6. The van der Waals surface area contributed by atoms with Crippen LogP contribution in [0, 0.1) is 11.8 Å². The molecular formula is C34H43N5O9. The third kappa shape index (κ3) is 5.19. The predicted octanol–water partition coefficient (Wildman–Crippen LogP) is 0.557. The number of amides is 1. The van der Waals surface area contributed by atoms with Crippen molar-refractivity contribution in [3.05, 3.63) is 57.8 Å². The lowest BCUT2D eigenvalue weighted by atomic mass is 9.58. The summed E-state index contributed by atoms with van der Waals surface area (Å²) in [5, 5.41) is 55.5. The van der Waals surface area contributed by atoms with Gasteiger partial charge in [0.25, 0.3) is 5.91 Å². The monoisotopic (exact) mass is 665 g/mol. The number of rotatable bonds is 8. The minimum absolute atomic E-state index is 0.0109. The molecule has 1 saturated heterocycles. The van der Waals surface area contributed by atoms with Gasteiger partial charge >= 0.3 is 0 Å². The molecule has 14 heteroatoms. The Bertz CT molecular complexity index is 1740. The van der Waals surface area contributed by atoms with Gasteiger partial charge in [0.15, 0.2) is 11.4 Å². The van der Waals surface area contributed by atoms with Crippen molar-refractivity contribution in [1.29, 1.82) is 0 Å². The number of carbonyl (C=O) groups excluding carboxylic acids is 3. The van der Waals surface area contributed by atoms with E-state index in [0.29, 0.717) is 35.9 Å². The van der Waals surface area contributed by atoms with Crippen LogP contribution in [0.3, 0.4) is 0 Å². The average molecular weight is 666 g/mol. The molecule has 14 nitrogen and oxygen atoms in total. The largest absolute Gasteiger partial charge is 0.510 e. The summed E-state index contributed by atoms with van der Waals surface area (Å²) in [6.07, 6.45) is 0.193. The Kier molecular flexibility index (Phi) is 8.67. The van der Waals surface area contributed by atoms with E-state index < -0.39 is 58.0 Å². The Hall–Kier alpha value is -4.21. The first-order chi connectivity index (χ1) is 22.7. The van der Waals surface area contributed by atoms with Crippen molar-refractivity contribution < 1.29 is 44.3 Å². The number of carbonyl (C=O) groups is 3. The van der Waals surface area contributed by atoms with Crippen LogP contribution in [0.5, 0.6) is 5.75 Å². The number of phenols is 1. The van der Waals surface area contributed by atoms with Crippen molar-refractivity contribution in [1.82, 2.24) is 14.7 Å². The molecule has 4 atom stereocenters. The topological polar surface area (TPSA) is 204 Å². The van der Waals surface area contributed by atoms with Gasteiger partial charge in [-0.15, -0.1) is 0 Å². The third-order valence-corrected chi connectivity index (χ3v) is 10.4. The van der Waals surface area contributed by atoms with Crippen LogP contribution in [-0.2, 0) is 22.6 Å². The first kappa shape index (κ1) is 33.7. The second kappa shape index (κ2) is 12.3. The van der Waals surface area contributed by atoms with E-state index in [9.17, 15) is 39.9 Å². The Morgan fingerprint density at radius 1 is 1.06 bits per heavy atom. The Morgan fingerprint density at radius 2 is 1.73 bits per heavy atom. The molecule has 0 radical (unpaired) electrons. The van der Waals surface area contributed by atoms with Crippen LogP contribution in [0.25, 0.3) is 11.3 Å².